The van der Waals surface area contributed by atoms with Crippen LogP contribution in [0.2, 0.25) is 5.02 Å². The monoisotopic (exact) mass is 614 g/mol. The molecule has 1 unspecified atom stereocenters. The van der Waals surface area contributed by atoms with Crippen LogP contribution in [0.1, 0.15) is 58.9 Å². The number of ether oxygens (including phenoxy) is 1. The number of nitrogens with one attached hydrogen (secondary N) is 2. The minimum atomic E-state index is -1.09. The van der Waals surface area contributed by atoms with Gasteiger partial charge in [0.05, 0.1) is 27.9 Å². The van der Waals surface area contributed by atoms with Crippen molar-refractivity contribution in [3.05, 3.63) is 87.9 Å². The van der Waals surface area contributed by atoms with Crippen LogP contribution in [0.4, 0.5) is 14.5 Å². The molecular formula is C31H33ClF2N4O5. The molecule has 43 heavy (non-hydrogen) atoms. The van der Waals surface area contributed by atoms with Crippen LogP contribution in [0.15, 0.2) is 54.6 Å². The highest BCUT2D eigenvalue weighted by Crippen LogP contribution is 2.30. The number of amides is 2. The Labute approximate surface area is 253 Å². The summed E-state index contributed by atoms with van der Waals surface area (Å²) in [5.74, 6) is -3.72. The fraction of sp³-hybridized carbons (Fsp3) is 0.323. The van der Waals surface area contributed by atoms with E-state index in [0.717, 1.165) is 44.1 Å². The molecule has 1 fully saturated rings. The lowest BCUT2D eigenvalue weighted by atomic mass is 10.0. The van der Waals surface area contributed by atoms with Gasteiger partial charge in [-0.2, -0.15) is 0 Å². The van der Waals surface area contributed by atoms with Crippen molar-refractivity contribution in [2.24, 2.45) is 5.73 Å². The van der Waals surface area contributed by atoms with Gasteiger partial charge in [-0.3, -0.25) is 14.5 Å². The molecule has 0 bridgehead atoms. The number of aromatic carboxylic acids is 1. The van der Waals surface area contributed by atoms with E-state index in [-0.39, 0.29) is 22.3 Å². The molecule has 1 aliphatic heterocycles. The highest BCUT2D eigenvalue weighted by Gasteiger charge is 2.26. The van der Waals surface area contributed by atoms with Crippen LogP contribution < -0.4 is 21.1 Å². The van der Waals surface area contributed by atoms with Gasteiger partial charge >= 0.3 is 5.97 Å². The Morgan fingerprint density at radius 2 is 1.77 bits per heavy atom. The molecule has 5 N–H and O–H groups in total. The summed E-state index contributed by atoms with van der Waals surface area (Å²) in [4.78, 5) is 37.8. The summed E-state index contributed by atoms with van der Waals surface area (Å²) in [6, 6.07) is 12.8. The maximum Gasteiger partial charge on any atom is 0.335 e. The lowest BCUT2D eigenvalue weighted by molar-refractivity contribution is -0.118. The molecule has 3 aromatic rings. The van der Waals surface area contributed by atoms with Crippen molar-refractivity contribution in [1.29, 1.82) is 0 Å². The first-order chi connectivity index (χ1) is 20.5. The third-order valence-electron chi connectivity index (χ3n) is 7.23. The predicted molar refractivity (Wildman–Crippen MR) is 159 cm³/mol. The molecule has 1 heterocycles. The van der Waals surface area contributed by atoms with Crippen LogP contribution in [-0.4, -0.2) is 53.0 Å². The van der Waals surface area contributed by atoms with Crippen LogP contribution in [0.25, 0.3) is 0 Å². The summed E-state index contributed by atoms with van der Waals surface area (Å²) in [6.45, 7) is 4.27. The zero-order valence-electron chi connectivity index (χ0n) is 23.5. The molecular weight excluding hydrogens is 582 g/mol. The number of nitrogens with two attached hydrogens (primary N) is 1. The predicted octanol–water partition coefficient (Wildman–Crippen LogP) is 5.57. The van der Waals surface area contributed by atoms with Gasteiger partial charge in [0.1, 0.15) is 23.1 Å². The zero-order valence-corrected chi connectivity index (χ0v) is 24.3. The quantitative estimate of drug-likeness (QED) is 0.210. The van der Waals surface area contributed by atoms with Gasteiger partial charge in [-0.25, -0.2) is 13.6 Å². The molecule has 0 aliphatic carbocycles. The van der Waals surface area contributed by atoms with Gasteiger partial charge in [-0.05, 0) is 74.3 Å². The molecule has 228 valence electrons. The molecule has 4 rings (SSSR count). The van der Waals surface area contributed by atoms with Gasteiger partial charge in [0.25, 0.3) is 5.91 Å². The van der Waals surface area contributed by atoms with Crippen LogP contribution >= 0.6 is 11.6 Å². The molecule has 0 radical (unpaired) electrons. The van der Waals surface area contributed by atoms with E-state index >= 15 is 0 Å². The number of nitrogens with zero attached hydrogens (tertiary/aromatic N) is 1. The van der Waals surface area contributed by atoms with E-state index in [1.54, 1.807) is 0 Å². The molecule has 1 aliphatic rings. The number of carboxylic acid groups (broad SMARTS) is 1. The lowest BCUT2D eigenvalue weighted by Gasteiger charge is -2.34. The summed E-state index contributed by atoms with van der Waals surface area (Å²) in [5.41, 5.74) is 5.53. The Morgan fingerprint density at radius 1 is 1.07 bits per heavy atom. The number of carboxylic acids is 1. The van der Waals surface area contributed by atoms with E-state index in [0.29, 0.717) is 30.4 Å². The number of anilines is 1. The summed E-state index contributed by atoms with van der Waals surface area (Å²) in [6.07, 6.45) is 2.83. The number of halogens is 3. The van der Waals surface area contributed by atoms with E-state index in [2.05, 4.69) is 15.5 Å². The van der Waals surface area contributed by atoms with Crippen molar-refractivity contribution in [3.63, 3.8) is 0 Å². The Hall–Kier alpha value is -4.06. The third-order valence-corrected chi connectivity index (χ3v) is 7.53. The number of benzene rings is 3. The second-order valence-electron chi connectivity index (χ2n) is 10.4. The number of hydrogen-bond acceptors (Lipinski definition) is 6. The normalized spacial score (nSPS) is 14.7. The average Bonchev–Trinajstić information content (AvgIpc) is 2.97. The number of likely N-dealkylation sites (tertiary alicyclic amines) is 1. The second-order valence-corrected chi connectivity index (χ2v) is 10.8. The van der Waals surface area contributed by atoms with Crippen LogP contribution in [0.3, 0.4) is 0 Å². The standard InChI is InChI=1S/C31H33ClF2N4O5/c1-2-3-26(30(40)37-27-15-22(29(35)39)24(33)16-25(27)34)36-20-10-12-38(13-11-20)17-18-4-7-21(8-5-18)43-28-9-6-19(31(41)42)14-23(28)32/h4-9,14-16,20,26,36H,2-3,10-13,17H2,1H3,(H2,35,39)(H,37,40)(H,41,42). The molecule has 0 aromatic heterocycles. The van der Waals surface area contributed by atoms with Crippen molar-refractivity contribution < 1.29 is 33.0 Å². The first-order valence-corrected chi connectivity index (χ1v) is 14.3. The number of carbonyl (C=O) groups excluding carboxylic acids is 2. The van der Waals surface area contributed by atoms with Gasteiger partial charge in [-0.1, -0.05) is 37.1 Å². The minimum absolute atomic E-state index is 0.0748. The van der Waals surface area contributed by atoms with Crippen LogP contribution in [0, 0.1) is 11.6 Å². The first-order valence-electron chi connectivity index (χ1n) is 13.9. The maximum absolute atomic E-state index is 14.3. The highest BCUT2D eigenvalue weighted by molar-refractivity contribution is 6.32. The second kappa shape index (κ2) is 14.4. The Balaban J connectivity index is 1.28. The van der Waals surface area contributed by atoms with Crippen molar-refractivity contribution in [3.8, 4) is 11.5 Å². The van der Waals surface area contributed by atoms with Gasteiger partial charge < -0.3 is 26.2 Å². The van der Waals surface area contributed by atoms with E-state index in [9.17, 15) is 23.2 Å². The molecule has 0 spiro atoms. The fourth-order valence-electron chi connectivity index (χ4n) is 4.94. The van der Waals surface area contributed by atoms with Gasteiger partial charge in [-0.15, -0.1) is 0 Å². The van der Waals surface area contributed by atoms with Crippen LogP contribution in [-0.2, 0) is 11.3 Å². The largest absolute Gasteiger partial charge is 0.478 e. The summed E-state index contributed by atoms with van der Waals surface area (Å²) in [7, 11) is 0. The smallest absolute Gasteiger partial charge is 0.335 e. The maximum atomic E-state index is 14.3. The molecule has 12 heteroatoms. The van der Waals surface area contributed by atoms with Crippen LogP contribution in [0.5, 0.6) is 11.5 Å². The number of hydrogen-bond donors (Lipinski definition) is 4. The van der Waals surface area contributed by atoms with Crippen molar-refractivity contribution in [2.75, 3.05) is 18.4 Å². The topological polar surface area (TPSA) is 134 Å². The average molecular weight is 615 g/mol. The minimum Gasteiger partial charge on any atom is -0.478 e. The molecule has 3 aromatic carbocycles. The number of carbonyl (C=O) groups is 3. The van der Waals surface area contributed by atoms with Crippen molar-refractivity contribution in [2.45, 2.75) is 51.2 Å². The lowest BCUT2D eigenvalue weighted by Crippen LogP contribution is -2.50. The Bertz CT molecular complexity index is 1480. The first kappa shape index (κ1) is 31.9. The molecule has 9 nitrogen and oxygen atoms in total. The SMILES string of the molecule is CCCC(NC1CCN(Cc2ccc(Oc3ccc(C(=O)O)cc3Cl)cc2)CC1)C(=O)Nc1cc(C(N)=O)c(F)cc1F. The van der Waals surface area contributed by atoms with Crippen molar-refractivity contribution in [1.82, 2.24) is 10.2 Å². The number of rotatable bonds is 12. The zero-order chi connectivity index (χ0) is 31.1. The summed E-state index contributed by atoms with van der Waals surface area (Å²) < 4.78 is 33.9. The van der Waals surface area contributed by atoms with E-state index < -0.39 is 41.0 Å². The Kier molecular flexibility index (Phi) is 10.7. The third kappa shape index (κ3) is 8.50. The fourth-order valence-corrected chi connectivity index (χ4v) is 5.16. The van der Waals surface area contributed by atoms with Gasteiger partial charge in [0.15, 0.2) is 0 Å². The van der Waals surface area contributed by atoms with E-state index in [1.165, 1.54) is 18.2 Å². The van der Waals surface area contributed by atoms with E-state index in [1.807, 2.05) is 31.2 Å². The summed E-state index contributed by atoms with van der Waals surface area (Å²) >= 11 is 6.16. The Morgan fingerprint density at radius 3 is 2.37 bits per heavy atom. The summed E-state index contributed by atoms with van der Waals surface area (Å²) in [5, 5.41) is 15.2. The highest BCUT2D eigenvalue weighted by atomic mass is 35.5. The van der Waals surface area contributed by atoms with Gasteiger partial charge in [0.2, 0.25) is 5.91 Å². The van der Waals surface area contributed by atoms with Gasteiger partial charge in [0, 0.05) is 18.7 Å². The van der Waals surface area contributed by atoms with E-state index in [4.69, 9.17) is 27.2 Å². The molecule has 1 atom stereocenters. The molecule has 0 saturated carbocycles. The number of piperidine rings is 1. The van der Waals surface area contributed by atoms with Crippen molar-refractivity contribution >= 4 is 35.1 Å². The molecule has 2 amide bonds. The molecule has 1 saturated heterocycles. The number of primary amides is 1.